The van der Waals surface area contributed by atoms with E-state index in [0.29, 0.717) is 0 Å². The largest absolute Gasteiger partial charge is 4.00 e. The third kappa shape index (κ3) is 9.90. The van der Waals surface area contributed by atoms with E-state index in [4.69, 9.17) is 0 Å². The summed E-state index contributed by atoms with van der Waals surface area (Å²) in [4.78, 5) is 0. The van der Waals surface area contributed by atoms with E-state index in [2.05, 4.69) is 78.0 Å². The van der Waals surface area contributed by atoms with Gasteiger partial charge in [0.2, 0.25) is 0 Å². The zero-order valence-electron chi connectivity index (χ0n) is 14.4. The molecule has 1 aliphatic rings. The van der Waals surface area contributed by atoms with Gasteiger partial charge in [0.25, 0.3) is 0 Å². The molecular formula is C19H26Cl2Ti. The van der Waals surface area contributed by atoms with E-state index >= 15 is 0 Å². The quantitative estimate of drug-likeness (QED) is 0.421. The normalized spacial score (nSPS) is 12.3. The fourth-order valence-electron chi connectivity index (χ4n) is 1.68. The molecule has 1 aliphatic carbocycles. The molecule has 0 saturated heterocycles. The van der Waals surface area contributed by atoms with Gasteiger partial charge in [0.05, 0.1) is 0 Å². The van der Waals surface area contributed by atoms with E-state index in [1.807, 2.05) is 12.2 Å². The Hall–Kier alpha value is -0.00571. The Labute approximate surface area is 164 Å². The van der Waals surface area contributed by atoms with Crippen LogP contribution in [0.15, 0.2) is 36.4 Å². The third-order valence-electron chi connectivity index (χ3n) is 3.00. The van der Waals surface area contributed by atoms with Crippen molar-refractivity contribution in [3.63, 3.8) is 0 Å². The summed E-state index contributed by atoms with van der Waals surface area (Å²) in [6.07, 6.45) is 10.0. The molecule has 0 fully saturated rings. The van der Waals surface area contributed by atoms with Crippen molar-refractivity contribution in [2.75, 3.05) is 0 Å². The van der Waals surface area contributed by atoms with E-state index in [1.165, 1.54) is 11.1 Å². The van der Waals surface area contributed by atoms with E-state index in [0.717, 1.165) is 6.42 Å². The van der Waals surface area contributed by atoms with Crippen LogP contribution < -0.4 is 24.8 Å². The molecule has 0 nitrogen and oxygen atoms in total. The van der Waals surface area contributed by atoms with Crippen molar-refractivity contribution in [1.82, 2.24) is 0 Å². The SMILES string of the molecule is CC(C)(C)c1[c-]c(C(C)(C)C)ccc1.[C-]1=CC=CC1.[Cl-].[Cl-].[Ti+4]. The van der Waals surface area contributed by atoms with Crippen LogP contribution in [0.25, 0.3) is 0 Å². The first-order chi connectivity index (χ1) is 8.71. The van der Waals surface area contributed by atoms with Gasteiger partial charge in [-0.3, -0.25) is 6.08 Å². The molecule has 0 radical (unpaired) electrons. The first kappa shape index (κ1) is 26.9. The molecular weight excluding hydrogens is 347 g/mol. The molecule has 0 N–H and O–H groups in total. The Kier molecular flexibility index (Phi) is 14.1. The smallest absolute Gasteiger partial charge is 1.00 e. The molecule has 1 aromatic rings. The van der Waals surface area contributed by atoms with Gasteiger partial charge in [-0.2, -0.15) is 41.5 Å². The average Bonchev–Trinajstić information content (AvgIpc) is 2.85. The topological polar surface area (TPSA) is 0 Å². The van der Waals surface area contributed by atoms with Crippen molar-refractivity contribution in [2.45, 2.75) is 58.8 Å². The number of allylic oxidation sites excluding steroid dienone is 4. The van der Waals surface area contributed by atoms with Gasteiger partial charge in [-0.1, -0.05) is 41.5 Å². The second-order valence-corrected chi connectivity index (χ2v) is 6.98. The Morgan fingerprint density at radius 3 is 1.55 bits per heavy atom. The van der Waals surface area contributed by atoms with Gasteiger partial charge in [-0.05, 0) is 10.8 Å². The summed E-state index contributed by atoms with van der Waals surface area (Å²) in [5, 5.41) is 0. The molecule has 120 valence electrons. The van der Waals surface area contributed by atoms with E-state index in [-0.39, 0.29) is 57.4 Å². The maximum absolute atomic E-state index is 3.52. The standard InChI is InChI=1S/C14H21.C5H5.2ClH.Ti/c1-13(2,3)11-8-7-9-12(10-11)14(4,5)6;1-2-4-5-3-1;;;/h7-9H,1-6H3;1-3H,4H2;2*1H;/q2*-1;;;+4/p-2. The van der Waals surface area contributed by atoms with E-state index in [9.17, 15) is 0 Å². The second-order valence-electron chi connectivity index (χ2n) is 6.98. The molecule has 0 amide bonds. The number of rotatable bonds is 0. The summed E-state index contributed by atoms with van der Waals surface area (Å²) in [5.74, 6) is 0. The summed E-state index contributed by atoms with van der Waals surface area (Å²) in [7, 11) is 0. The predicted octanol–water partition coefficient (Wildman–Crippen LogP) is -0.607. The first-order valence-corrected chi connectivity index (χ1v) is 6.96. The number of hydrogen-bond acceptors (Lipinski definition) is 0. The van der Waals surface area contributed by atoms with Crippen LogP contribution in [-0.4, -0.2) is 0 Å². The Balaban J connectivity index is -0.000000388. The average molecular weight is 373 g/mol. The van der Waals surface area contributed by atoms with Gasteiger partial charge in [-0.25, -0.2) is 12.2 Å². The minimum Gasteiger partial charge on any atom is -1.00 e. The van der Waals surface area contributed by atoms with Gasteiger partial charge >= 0.3 is 21.7 Å². The minimum absolute atomic E-state index is 0. The minimum atomic E-state index is 0. The van der Waals surface area contributed by atoms with Crippen LogP contribution in [0.5, 0.6) is 0 Å². The van der Waals surface area contributed by atoms with Crippen LogP contribution in [0.2, 0.25) is 0 Å². The van der Waals surface area contributed by atoms with E-state index < -0.39 is 0 Å². The second kappa shape index (κ2) is 11.5. The molecule has 1 aromatic carbocycles. The van der Waals surface area contributed by atoms with Crippen LogP contribution in [0.4, 0.5) is 0 Å². The summed E-state index contributed by atoms with van der Waals surface area (Å²) >= 11 is 0. The molecule has 22 heavy (non-hydrogen) atoms. The van der Waals surface area contributed by atoms with Crippen LogP contribution in [-0.2, 0) is 32.5 Å². The molecule has 2 rings (SSSR count). The summed E-state index contributed by atoms with van der Waals surface area (Å²) in [6, 6.07) is 9.98. The zero-order valence-corrected chi connectivity index (χ0v) is 17.5. The van der Waals surface area contributed by atoms with Gasteiger partial charge in [0.15, 0.2) is 0 Å². The van der Waals surface area contributed by atoms with Gasteiger partial charge in [0, 0.05) is 0 Å². The maximum Gasteiger partial charge on any atom is 4.00 e. The molecule has 3 heteroatoms. The van der Waals surface area contributed by atoms with E-state index in [1.54, 1.807) is 0 Å². The number of benzene rings is 1. The molecule has 0 bridgehead atoms. The molecule has 0 unspecified atom stereocenters. The zero-order chi connectivity index (χ0) is 14.5. The molecule has 0 heterocycles. The monoisotopic (exact) mass is 372 g/mol. The van der Waals surface area contributed by atoms with Crippen molar-refractivity contribution >= 4 is 0 Å². The van der Waals surface area contributed by atoms with Gasteiger partial charge in [-0.15, -0.1) is 6.42 Å². The van der Waals surface area contributed by atoms with Crippen LogP contribution >= 0.6 is 0 Å². The molecule has 0 saturated carbocycles. The number of halogens is 2. The summed E-state index contributed by atoms with van der Waals surface area (Å²) in [6.45, 7) is 13.4. The van der Waals surface area contributed by atoms with Gasteiger partial charge in [0.1, 0.15) is 0 Å². The van der Waals surface area contributed by atoms with Gasteiger partial charge < -0.3 is 24.8 Å². The first-order valence-electron chi connectivity index (χ1n) is 6.96. The fourth-order valence-corrected chi connectivity index (χ4v) is 1.68. The Morgan fingerprint density at radius 2 is 1.32 bits per heavy atom. The van der Waals surface area contributed by atoms with Crippen molar-refractivity contribution < 1.29 is 46.5 Å². The maximum atomic E-state index is 3.52. The number of hydrogen-bond donors (Lipinski definition) is 0. The van der Waals surface area contributed by atoms with Crippen LogP contribution in [0, 0.1) is 12.1 Å². The fraction of sp³-hybridized carbons (Fsp3) is 0.474. The van der Waals surface area contributed by atoms with Crippen LogP contribution in [0.3, 0.4) is 0 Å². The summed E-state index contributed by atoms with van der Waals surface area (Å²) in [5.41, 5.74) is 2.98. The third-order valence-corrected chi connectivity index (χ3v) is 3.00. The van der Waals surface area contributed by atoms with Crippen molar-refractivity contribution in [1.29, 1.82) is 0 Å². The Bertz CT molecular complexity index is 424. The Morgan fingerprint density at radius 1 is 0.864 bits per heavy atom. The predicted molar refractivity (Wildman–Crippen MR) is 84.2 cm³/mol. The van der Waals surface area contributed by atoms with Crippen LogP contribution in [0.1, 0.15) is 59.1 Å². The molecule has 0 spiro atoms. The summed E-state index contributed by atoms with van der Waals surface area (Å²) < 4.78 is 0. The van der Waals surface area contributed by atoms with Crippen molar-refractivity contribution in [3.8, 4) is 0 Å². The van der Waals surface area contributed by atoms with Crippen molar-refractivity contribution in [3.05, 3.63) is 59.7 Å². The molecule has 0 atom stereocenters. The van der Waals surface area contributed by atoms with Crippen molar-refractivity contribution in [2.24, 2.45) is 0 Å². The molecule has 0 aromatic heterocycles. The molecule has 0 aliphatic heterocycles.